The molecular formula is C13H19N3O. The molecule has 0 bridgehead atoms. The molecule has 0 aliphatic heterocycles. The van der Waals surface area contributed by atoms with E-state index in [1.807, 2.05) is 6.92 Å². The highest BCUT2D eigenvalue weighted by Crippen LogP contribution is 2.31. The van der Waals surface area contributed by atoms with Crippen molar-refractivity contribution >= 4 is 11.6 Å². The molecule has 0 radical (unpaired) electrons. The zero-order chi connectivity index (χ0) is 12.5. The number of nitrogens with two attached hydrogens (primary N) is 2. The van der Waals surface area contributed by atoms with E-state index in [1.165, 1.54) is 0 Å². The number of carbonyl (C=O) groups is 1. The van der Waals surface area contributed by atoms with Crippen molar-refractivity contribution in [2.75, 3.05) is 5.73 Å². The van der Waals surface area contributed by atoms with Gasteiger partial charge in [-0.3, -0.25) is 4.79 Å². The van der Waals surface area contributed by atoms with Crippen molar-refractivity contribution in [2.24, 2.45) is 5.73 Å². The normalized spacial score (nSPS) is 18.9. The molecule has 4 N–H and O–H groups in total. The summed E-state index contributed by atoms with van der Waals surface area (Å²) in [6.45, 7) is 1.87. The summed E-state index contributed by atoms with van der Waals surface area (Å²) >= 11 is 0. The maximum absolute atomic E-state index is 12.5. The Bertz CT molecular complexity index is 416. The molecule has 4 nitrogen and oxygen atoms in total. The zero-order valence-electron chi connectivity index (χ0n) is 10.2. The van der Waals surface area contributed by atoms with E-state index in [9.17, 15) is 4.79 Å². The molecule has 1 fully saturated rings. The standard InChI is InChI=1S/C13H19N3O/c1-9-5-8-16-12(14)10(9)11(17)13(15)6-3-2-4-7-13/h5,8H,2-4,6-7,15H2,1H3,(H2,14,16). The molecule has 4 heteroatoms. The van der Waals surface area contributed by atoms with E-state index in [1.54, 1.807) is 12.3 Å². The van der Waals surface area contributed by atoms with Gasteiger partial charge in [-0.2, -0.15) is 0 Å². The van der Waals surface area contributed by atoms with Crippen molar-refractivity contribution in [1.29, 1.82) is 0 Å². The van der Waals surface area contributed by atoms with Crippen LogP contribution in [0.3, 0.4) is 0 Å². The van der Waals surface area contributed by atoms with Gasteiger partial charge in [-0.15, -0.1) is 0 Å². The molecule has 17 heavy (non-hydrogen) atoms. The first-order chi connectivity index (χ1) is 8.04. The molecule has 1 heterocycles. The van der Waals surface area contributed by atoms with Crippen LogP contribution in [0.5, 0.6) is 0 Å². The fourth-order valence-electron chi connectivity index (χ4n) is 2.53. The van der Waals surface area contributed by atoms with Crippen LogP contribution in [0.25, 0.3) is 0 Å². The summed E-state index contributed by atoms with van der Waals surface area (Å²) in [6, 6.07) is 1.80. The van der Waals surface area contributed by atoms with Gasteiger partial charge in [0.2, 0.25) is 0 Å². The molecule has 1 saturated carbocycles. The van der Waals surface area contributed by atoms with Crippen LogP contribution in [0, 0.1) is 6.92 Å². The van der Waals surface area contributed by atoms with Crippen LogP contribution < -0.4 is 11.5 Å². The molecule has 0 amide bonds. The van der Waals surface area contributed by atoms with Crippen LogP contribution in [0.1, 0.15) is 48.0 Å². The van der Waals surface area contributed by atoms with Crippen molar-refractivity contribution < 1.29 is 4.79 Å². The minimum absolute atomic E-state index is 0.0414. The van der Waals surface area contributed by atoms with Crippen LogP contribution in [-0.2, 0) is 0 Å². The van der Waals surface area contributed by atoms with Gasteiger partial charge in [-0.1, -0.05) is 19.3 Å². The largest absolute Gasteiger partial charge is 0.383 e. The smallest absolute Gasteiger partial charge is 0.186 e. The first kappa shape index (κ1) is 12.0. The van der Waals surface area contributed by atoms with Gasteiger partial charge in [0.25, 0.3) is 0 Å². The molecule has 0 atom stereocenters. The maximum Gasteiger partial charge on any atom is 0.186 e. The van der Waals surface area contributed by atoms with Crippen LogP contribution >= 0.6 is 0 Å². The van der Waals surface area contributed by atoms with Crippen molar-refractivity contribution in [2.45, 2.75) is 44.6 Å². The molecule has 1 aromatic rings. The lowest BCUT2D eigenvalue weighted by Crippen LogP contribution is -2.49. The maximum atomic E-state index is 12.5. The summed E-state index contributed by atoms with van der Waals surface area (Å²) < 4.78 is 0. The Morgan fingerprint density at radius 1 is 1.35 bits per heavy atom. The number of anilines is 1. The van der Waals surface area contributed by atoms with Crippen molar-refractivity contribution in [3.05, 3.63) is 23.4 Å². The van der Waals surface area contributed by atoms with Crippen LogP contribution in [-0.4, -0.2) is 16.3 Å². The number of hydrogen-bond acceptors (Lipinski definition) is 4. The Labute approximate surface area is 101 Å². The molecule has 1 aliphatic carbocycles. The first-order valence-corrected chi connectivity index (χ1v) is 6.09. The number of pyridine rings is 1. The van der Waals surface area contributed by atoms with Gasteiger partial charge in [-0.25, -0.2) is 4.98 Å². The van der Waals surface area contributed by atoms with Gasteiger partial charge in [0, 0.05) is 6.20 Å². The molecular weight excluding hydrogens is 214 g/mol. The predicted octanol–water partition coefficient (Wildman–Crippen LogP) is 1.82. The Hall–Kier alpha value is -1.42. The number of aromatic nitrogens is 1. The quantitative estimate of drug-likeness (QED) is 0.763. The SMILES string of the molecule is Cc1ccnc(N)c1C(=O)C1(N)CCCCC1. The molecule has 2 rings (SSSR count). The van der Waals surface area contributed by atoms with Crippen LogP contribution in [0.2, 0.25) is 0 Å². The topological polar surface area (TPSA) is 82.0 Å². The van der Waals surface area contributed by atoms with E-state index in [0.29, 0.717) is 11.4 Å². The second-order valence-corrected chi connectivity index (χ2v) is 4.93. The number of nitrogens with zero attached hydrogens (tertiary/aromatic N) is 1. The summed E-state index contributed by atoms with van der Waals surface area (Å²) in [5.41, 5.74) is 12.7. The Kier molecular flexibility index (Phi) is 3.15. The van der Waals surface area contributed by atoms with Crippen LogP contribution in [0.4, 0.5) is 5.82 Å². The minimum Gasteiger partial charge on any atom is -0.383 e. The van der Waals surface area contributed by atoms with Crippen molar-refractivity contribution in [1.82, 2.24) is 4.98 Å². The molecule has 0 saturated heterocycles. The van der Waals surface area contributed by atoms with Gasteiger partial charge in [0.05, 0.1) is 11.1 Å². The monoisotopic (exact) mass is 233 g/mol. The minimum atomic E-state index is -0.736. The molecule has 92 valence electrons. The van der Waals surface area contributed by atoms with E-state index in [-0.39, 0.29) is 5.78 Å². The Balaban J connectivity index is 2.36. The lowest BCUT2D eigenvalue weighted by Gasteiger charge is -2.32. The van der Waals surface area contributed by atoms with Crippen molar-refractivity contribution in [3.63, 3.8) is 0 Å². The van der Waals surface area contributed by atoms with Gasteiger partial charge in [0.15, 0.2) is 5.78 Å². The number of carbonyl (C=O) groups excluding carboxylic acids is 1. The number of nitrogen functional groups attached to an aromatic ring is 1. The summed E-state index contributed by atoms with van der Waals surface area (Å²) in [4.78, 5) is 16.5. The number of ketones is 1. The van der Waals surface area contributed by atoms with Gasteiger partial charge >= 0.3 is 0 Å². The molecule has 0 spiro atoms. The number of hydrogen-bond donors (Lipinski definition) is 2. The molecule has 0 unspecified atom stereocenters. The highest BCUT2D eigenvalue weighted by Gasteiger charge is 2.37. The van der Waals surface area contributed by atoms with E-state index in [2.05, 4.69) is 4.98 Å². The first-order valence-electron chi connectivity index (χ1n) is 6.09. The fraction of sp³-hybridized carbons (Fsp3) is 0.538. The third-order valence-electron chi connectivity index (χ3n) is 3.61. The lowest BCUT2D eigenvalue weighted by atomic mass is 9.77. The summed E-state index contributed by atoms with van der Waals surface area (Å²) in [7, 11) is 0. The number of rotatable bonds is 2. The summed E-state index contributed by atoms with van der Waals surface area (Å²) in [5, 5.41) is 0. The average Bonchev–Trinajstić information content (AvgIpc) is 2.29. The molecule has 1 aliphatic rings. The zero-order valence-corrected chi connectivity index (χ0v) is 10.2. The third-order valence-corrected chi connectivity index (χ3v) is 3.61. The highest BCUT2D eigenvalue weighted by molar-refractivity contribution is 6.07. The highest BCUT2D eigenvalue weighted by atomic mass is 16.1. The van der Waals surface area contributed by atoms with Crippen molar-refractivity contribution in [3.8, 4) is 0 Å². The van der Waals surface area contributed by atoms with E-state index in [4.69, 9.17) is 11.5 Å². The molecule has 1 aromatic heterocycles. The fourth-order valence-corrected chi connectivity index (χ4v) is 2.53. The third kappa shape index (κ3) is 2.17. The van der Waals surface area contributed by atoms with E-state index >= 15 is 0 Å². The van der Waals surface area contributed by atoms with Gasteiger partial charge < -0.3 is 11.5 Å². The number of aryl methyl sites for hydroxylation is 1. The number of Topliss-reactive ketones (excluding diaryl/α,β-unsaturated/α-hetero) is 1. The van der Waals surface area contributed by atoms with E-state index < -0.39 is 5.54 Å². The summed E-state index contributed by atoms with van der Waals surface area (Å²) in [5.74, 6) is 0.255. The predicted molar refractivity (Wildman–Crippen MR) is 67.7 cm³/mol. The lowest BCUT2D eigenvalue weighted by molar-refractivity contribution is 0.0848. The Morgan fingerprint density at radius 2 is 2.00 bits per heavy atom. The second kappa shape index (κ2) is 4.45. The summed E-state index contributed by atoms with van der Waals surface area (Å²) in [6.07, 6.45) is 6.31. The van der Waals surface area contributed by atoms with Gasteiger partial charge in [0.1, 0.15) is 5.82 Å². The Morgan fingerprint density at radius 3 is 2.59 bits per heavy atom. The average molecular weight is 233 g/mol. The van der Waals surface area contributed by atoms with Crippen LogP contribution in [0.15, 0.2) is 12.3 Å². The van der Waals surface area contributed by atoms with Gasteiger partial charge in [-0.05, 0) is 31.4 Å². The molecule has 0 aromatic carbocycles. The second-order valence-electron chi connectivity index (χ2n) is 4.93. The van der Waals surface area contributed by atoms with E-state index in [0.717, 1.165) is 37.7 Å².